The highest BCUT2D eigenvalue weighted by molar-refractivity contribution is 5.65. The molecule has 0 aliphatic carbocycles. The number of benzene rings is 1. The molecule has 4 nitrogen and oxygen atoms in total. The number of allylic oxidation sites excluding steroid dienone is 1. The fourth-order valence-electron chi connectivity index (χ4n) is 1.19. The molecule has 0 saturated carbocycles. The summed E-state index contributed by atoms with van der Waals surface area (Å²) in [5.41, 5.74) is 8.90. The van der Waals surface area contributed by atoms with Crippen LogP contribution in [0.4, 0.5) is 13.2 Å². The highest BCUT2D eigenvalue weighted by Gasteiger charge is 2.25. The van der Waals surface area contributed by atoms with E-state index in [0.29, 0.717) is 11.1 Å². The van der Waals surface area contributed by atoms with E-state index in [2.05, 4.69) is 10.0 Å². The molecule has 1 aromatic rings. The lowest BCUT2D eigenvalue weighted by molar-refractivity contribution is -0.124. The van der Waals surface area contributed by atoms with E-state index < -0.39 is 12.6 Å². The zero-order valence-electron chi connectivity index (χ0n) is 9.02. The second-order valence-electron chi connectivity index (χ2n) is 3.29. The molecule has 0 bridgehead atoms. The molecule has 0 saturated heterocycles. The van der Waals surface area contributed by atoms with Crippen molar-refractivity contribution in [1.82, 2.24) is 0 Å². The molecule has 0 aromatic heterocycles. The van der Waals surface area contributed by atoms with Crippen molar-refractivity contribution in [2.45, 2.75) is 12.6 Å². The van der Waals surface area contributed by atoms with Gasteiger partial charge in [-0.2, -0.15) is 18.4 Å². The lowest BCUT2D eigenvalue weighted by Crippen LogP contribution is -2.04. The molecule has 0 N–H and O–H groups in total. The minimum Gasteiger partial charge on any atom is -0.192 e. The molecule has 0 atom stereocenters. The largest absolute Gasteiger partial charge is 0.392 e. The van der Waals surface area contributed by atoms with Crippen molar-refractivity contribution in [3.05, 3.63) is 51.9 Å². The summed E-state index contributed by atoms with van der Waals surface area (Å²) < 4.78 is 36.2. The maximum Gasteiger partial charge on any atom is 0.392 e. The number of nitrogens with zero attached hydrogens (tertiary/aromatic N) is 4. The number of halogens is 3. The average molecular weight is 252 g/mol. The van der Waals surface area contributed by atoms with Crippen molar-refractivity contribution in [3.63, 3.8) is 0 Å². The van der Waals surface area contributed by atoms with Gasteiger partial charge in [0.25, 0.3) is 0 Å². The Morgan fingerprint density at radius 1 is 1.39 bits per heavy atom. The molecule has 0 amide bonds. The van der Waals surface area contributed by atoms with E-state index in [0.717, 1.165) is 6.08 Å². The first kappa shape index (κ1) is 13.6. The molecule has 0 spiro atoms. The van der Waals surface area contributed by atoms with Gasteiger partial charge in [0.15, 0.2) is 0 Å². The van der Waals surface area contributed by atoms with Crippen molar-refractivity contribution in [3.8, 4) is 6.07 Å². The van der Waals surface area contributed by atoms with Crippen LogP contribution in [-0.4, -0.2) is 6.18 Å². The summed E-state index contributed by atoms with van der Waals surface area (Å²) in [5.74, 6) is 0. The highest BCUT2D eigenvalue weighted by atomic mass is 19.4. The molecule has 18 heavy (non-hydrogen) atoms. The summed E-state index contributed by atoms with van der Waals surface area (Å²) in [5, 5.41) is 11.8. The first-order valence-electron chi connectivity index (χ1n) is 4.79. The SMILES string of the molecule is N#Cc1ccc(C(=CCC(F)(F)F)N=[N+]=[N-])cc1. The Bertz CT molecular complexity index is 531. The fraction of sp³-hybridized carbons (Fsp3) is 0.182. The van der Waals surface area contributed by atoms with Crippen LogP contribution in [0, 0.1) is 11.3 Å². The molecule has 0 fully saturated rings. The van der Waals surface area contributed by atoms with Gasteiger partial charge >= 0.3 is 6.18 Å². The number of azide groups is 1. The minimum atomic E-state index is -4.36. The lowest BCUT2D eigenvalue weighted by Gasteiger charge is -2.04. The van der Waals surface area contributed by atoms with Crippen LogP contribution in [0.3, 0.4) is 0 Å². The summed E-state index contributed by atoms with van der Waals surface area (Å²) >= 11 is 0. The number of hydrogen-bond donors (Lipinski definition) is 0. The Balaban J connectivity index is 3.05. The first-order chi connectivity index (χ1) is 8.46. The van der Waals surface area contributed by atoms with E-state index in [9.17, 15) is 13.2 Å². The fourth-order valence-corrected chi connectivity index (χ4v) is 1.19. The van der Waals surface area contributed by atoms with Crippen molar-refractivity contribution < 1.29 is 13.2 Å². The third-order valence-corrected chi connectivity index (χ3v) is 1.99. The number of nitriles is 1. The van der Waals surface area contributed by atoms with Gasteiger partial charge in [0.2, 0.25) is 0 Å². The van der Waals surface area contributed by atoms with Crippen molar-refractivity contribution in [2.75, 3.05) is 0 Å². The van der Waals surface area contributed by atoms with Gasteiger partial charge in [-0.15, -0.1) is 0 Å². The Morgan fingerprint density at radius 3 is 2.44 bits per heavy atom. The average Bonchev–Trinajstić information content (AvgIpc) is 2.33. The van der Waals surface area contributed by atoms with Gasteiger partial charge in [-0.05, 0) is 23.2 Å². The maximum absolute atomic E-state index is 12.1. The Morgan fingerprint density at radius 2 is 2.00 bits per heavy atom. The van der Waals surface area contributed by atoms with Gasteiger partial charge in [-0.3, -0.25) is 0 Å². The summed E-state index contributed by atoms with van der Waals surface area (Å²) in [4.78, 5) is 2.48. The predicted octanol–water partition coefficient (Wildman–Crippen LogP) is 4.16. The molecule has 92 valence electrons. The molecule has 0 radical (unpaired) electrons. The van der Waals surface area contributed by atoms with Gasteiger partial charge in [0.05, 0.1) is 18.1 Å². The van der Waals surface area contributed by atoms with Crippen molar-refractivity contribution >= 4 is 5.70 Å². The molecule has 1 rings (SSSR count). The van der Waals surface area contributed by atoms with Gasteiger partial charge in [0, 0.05) is 10.6 Å². The Labute approximate surface area is 101 Å². The molecule has 0 heterocycles. The van der Waals surface area contributed by atoms with Gasteiger partial charge in [-0.1, -0.05) is 23.3 Å². The molecule has 0 aliphatic heterocycles. The van der Waals surface area contributed by atoms with E-state index in [4.69, 9.17) is 10.8 Å². The van der Waals surface area contributed by atoms with Crippen LogP contribution in [0.5, 0.6) is 0 Å². The summed E-state index contributed by atoms with van der Waals surface area (Å²) in [6.07, 6.45) is -4.73. The molecular weight excluding hydrogens is 245 g/mol. The monoisotopic (exact) mass is 252 g/mol. The van der Waals surface area contributed by atoms with E-state index in [1.807, 2.05) is 6.07 Å². The molecule has 0 aliphatic rings. The topological polar surface area (TPSA) is 72.5 Å². The second kappa shape index (κ2) is 5.75. The Hall–Kier alpha value is -2.45. The Kier molecular flexibility index (Phi) is 4.35. The van der Waals surface area contributed by atoms with E-state index in [1.165, 1.54) is 24.3 Å². The molecule has 7 heteroatoms. The van der Waals surface area contributed by atoms with Crippen LogP contribution in [-0.2, 0) is 0 Å². The molecule has 0 unspecified atom stereocenters. The molecular formula is C11H7F3N4. The highest BCUT2D eigenvalue weighted by Crippen LogP contribution is 2.24. The first-order valence-corrected chi connectivity index (χ1v) is 4.79. The van der Waals surface area contributed by atoms with Crippen molar-refractivity contribution in [2.24, 2.45) is 5.11 Å². The maximum atomic E-state index is 12.1. The summed E-state index contributed by atoms with van der Waals surface area (Å²) in [6.45, 7) is 0. The van der Waals surface area contributed by atoms with E-state index >= 15 is 0 Å². The summed E-state index contributed by atoms with van der Waals surface area (Å²) in [6, 6.07) is 7.60. The van der Waals surface area contributed by atoms with Gasteiger partial charge in [-0.25, -0.2) is 0 Å². The lowest BCUT2D eigenvalue weighted by atomic mass is 10.1. The molecule has 1 aromatic carbocycles. The van der Waals surface area contributed by atoms with Crippen LogP contribution in [0.1, 0.15) is 17.5 Å². The second-order valence-corrected chi connectivity index (χ2v) is 3.29. The zero-order chi connectivity index (χ0) is 13.6. The van der Waals surface area contributed by atoms with Gasteiger partial charge < -0.3 is 0 Å². The quantitative estimate of drug-likeness (QED) is 0.452. The third-order valence-electron chi connectivity index (χ3n) is 1.99. The number of rotatable bonds is 3. The zero-order valence-corrected chi connectivity index (χ0v) is 9.02. The third kappa shape index (κ3) is 4.20. The standard InChI is InChI=1S/C11H7F3N4/c12-11(13,14)6-5-10(17-18-16)9-3-1-8(7-15)2-4-9/h1-5H,6H2. The van der Waals surface area contributed by atoms with Crippen molar-refractivity contribution in [1.29, 1.82) is 5.26 Å². The van der Waals surface area contributed by atoms with Crippen LogP contribution < -0.4 is 0 Å². The minimum absolute atomic E-state index is 0.112. The van der Waals surface area contributed by atoms with Crippen LogP contribution >= 0.6 is 0 Å². The van der Waals surface area contributed by atoms with Crippen LogP contribution in [0.2, 0.25) is 0 Å². The summed E-state index contributed by atoms with van der Waals surface area (Å²) in [7, 11) is 0. The van der Waals surface area contributed by atoms with Gasteiger partial charge in [0.1, 0.15) is 0 Å². The normalized spacial score (nSPS) is 11.6. The predicted molar refractivity (Wildman–Crippen MR) is 59.0 cm³/mol. The smallest absolute Gasteiger partial charge is 0.192 e. The van der Waals surface area contributed by atoms with E-state index in [1.54, 1.807) is 0 Å². The van der Waals surface area contributed by atoms with Crippen LogP contribution in [0.25, 0.3) is 16.1 Å². The number of hydrogen-bond acceptors (Lipinski definition) is 2. The number of alkyl halides is 3. The van der Waals surface area contributed by atoms with Crippen LogP contribution in [0.15, 0.2) is 35.5 Å². The van der Waals surface area contributed by atoms with E-state index in [-0.39, 0.29) is 5.70 Å².